The van der Waals surface area contributed by atoms with Gasteiger partial charge in [-0.25, -0.2) is 5.43 Å². The first-order chi connectivity index (χ1) is 10.7. The summed E-state index contributed by atoms with van der Waals surface area (Å²) in [6, 6.07) is 10.2. The number of aryl methyl sites for hydroxylation is 2. The van der Waals surface area contributed by atoms with Crippen LogP contribution in [0.2, 0.25) is 0 Å². The Hall–Kier alpha value is -2.43. The molecular weight excluding hydrogens is 276 g/mol. The van der Waals surface area contributed by atoms with E-state index in [2.05, 4.69) is 27.8 Å². The lowest BCUT2D eigenvalue weighted by Crippen LogP contribution is -2.20. The number of amides is 1. The predicted octanol–water partition coefficient (Wildman–Crippen LogP) is 2.47. The first kappa shape index (κ1) is 14.5. The van der Waals surface area contributed by atoms with Crippen molar-refractivity contribution in [3.63, 3.8) is 0 Å². The number of carbonyl (C=O) groups is 1. The zero-order valence-corrected chi connectivity index (χ0v) is 12.9. The van der Waals surface area contributed by atoms with Crippen LogP contribution in [0.1, 0.15) is 36.1 Å². The molecule has 2 atom stereocenters. The maximum atomic E-state index is 12.1. The maximum Gasteiger partial charge on any atom is 0.243 e. The van der Waals surface area contributed by atoms with Gasteiger partial charge in [0.15, 0.2) is 0 Å². The molecule has 1 saturated carbocycles. The van der Waals surface area contributed by atoms with Crippen molar-refractivity contribution in [2.24, 2.45) is 11.0 Å². The van der Waals surface area contributed by atoms with Gasteiger partial charge in [-0.2, -0.15) is 10.2 Å². The number of hydrazone groups is 1. The molecule has 1 fully saturated rings. The Balaban J connectivity index is 1.55. The topological polar surface area (TPSA) is 59.3 Å². The molecule has 1 amide bonds. The van der Waals surface area contributed by atoms with Crippen LogP contribution >= 0.6 is 0 Å². The Labute approximate surface area is 130 Å². The minimum absolute atomic E-state index is 0.00867. The second kappa shape index (κ2) is 6.13. The molecule has 2 aromatic rings. The molecule has 0 unspecified atom stereocenters. The summed E-state index contributed by atoms with van der Waals surface area (Å²) in [4.78, 5) is 12.1. The van der Waals surface area contributed by atoms with Gasteiger partial charge in [-0.05, 0) is 31.7 Å². The Morgan fingerprint density at radius 2 is 2.23 bits per heavy atom. The molecule has 114 valence electrons. The quantitative estimate of drug-likeness (QED) is 0.680. The Kier molecular flexibility index (Phi) is 4.04. The first-order valence-electron chi connectivity index (χ1n) is 7.61. The predicted molar refractivity (Wildman–Crippen MR) is 85.7 cm³/mol. The van der Waals surface area contributed by atoms with E-state index in [9.17, 15) is 4.79 Å². The van der Waals surface area contributed by atoms with Gasteiger partial charge in [-0.15, -0.1) is 0 Å². The van der Waals surface area contributed by atoms with Gasteiger partial charge < -0.3 is 0 Å². The third kappa shape index (κ3) is 3.08. The Morgan fingerprint density at radius 3 is 2.91 bits per heavy atom. The molecule has 5 heteroatoms. The van der Waals surface area contributed by atoms with Gasteiger partial charge in [0.1, 0.15) is 0 Å². The van der Waals surface area contributed by atoms with Gasteiger partial charge >= 0.3 is 0 Å². The number of nitrogens with zero attached hydrogens (tertiary/aromatic N) is 3. The molecule has 0 aliphatic heterocycles. The van der Waals surface area contributed by atoms with E-state index in [1.807, 2.05) is 42.9 Å². The Morgan fingerprint density at radius 1 is 1.45 bits per heavy atom. The fraction of sp³-hybridized carbons (Fsp3) is 0.353. The number of aromatic nitrogens is 2. The molecule has 1 heterocycles. The van der Waals surface area contributed by atoms with E-state index in [4.69, 9.17) is 0 Å². The zero-order valence-electron chi connectivity index (χ0n) is 12.9. The summed E-state index contributed by atoms with van der Waals surface area (Å²) in [5.41, 5.74) is 5.71. The van der Waals surface area contributed by atoms with E-state index in [0.717, 1.165) is 24.2 Å². The second-order valence-corrected chi connectivity index (χ2v) is 5.62. The monoisotopic (exact) mass is 296 g/mol. The van der Waals surface area contributed by atoms with Crippen molar-refractivity contribution in [3.05, 3.63) is 53.3 Å². The average molecular weight is 296 g/mol. The van der Waals surface area contributed by atoms with Crippen molar-refractivity contribution in [1.82, 2.24) is 15.2 Å². The van der Waals surface area contributed by atoms with Crippen LogP contribution < -0.4 is 5.43 Å². The van der Waals surface area contributed by atoms with Gasteiger partial charge in [-0.1, -0.05) is 30.3 Å². The van der Waals surface area contributed by atoms with Crippen LogP contribution in [0.5, 0.6) is 0 Å². The molecular formula is C17H20N4O. The van der Waals surface area contributed by atoms with Crippen LogP contribution in [0.4, 0.5) is 0 Å². The normalized spacial score (nSPS) is 20.3. The highest BCUT2D eigenvalue weighted by molar-refractivity contribution is 5.85. The van der Waals surface area contributed by atoms with E-state index in [-0.39, 0.29) is 11.8 Å². The van der Waals surface area contributed by atoms with Crippen LogP contribution in [0, 0.1) is 12.8 Å². The number of carbonyl (C=O) groups excluding carboxylic acids is 1. The van der Waals surface area contributed by atoms with Crippen molar-refractivity contribution >= 4 is 12.1 Å². The molecule has 1 aliphatic carbocycles. The second-order valence-electron chi connectivity index (χ2n) is 5.62. The molecule has 3 rings (SSSR count). The molecule has 22 heavy (non-hydrogen) atoms. The lowest BCUT2D eigenvalue weighted by molar-refractivity contribution is -0.122. The summed E-state index contributed by atoms with van der Waals surface area (Å²) in [7, 11) is 0. The fourth-order valence-corrected chi connectivity index (χ4v) is 2.62. The van der Waals surface area contributed by atoms with Crippen molar-refractivity contribution in [3.8, 4) is 0 Å². The van der Waals surface area contributed by atoms with Crippen LogP contribution in [0.3, 0.4) is 0 Å². The molecule has 0 bridgehead atoms. The molecule has 1 aromatic carbocycles. The largest absolute Gasteiger partial charge is 0.273 e. The summed E-state index contributed by atoms with van der Waals surface area (Å²) in [6.45, 7) is 4.79. The zero-order chi connectivity index (χ0) is 15.5. The fourth-order valence-electron chi connectivity index (χ4n) is 2.62. The van der Waals surface area contributed by atoms with Gasteiger partial charge in [0, 0.05) is 24.2 Å². The van der Waals surface area contributed by atoms with Crippen LogP contribution in [0.25, 0.3) is 0 Å². The Bertz CT molecular complexity index is 690. The highest BCUT2D eigenvalue weighted by Gasteiger charge is 2.43. The molecule has 0 radical (unpaired) electrons. The lowest BCUT2D eigenvalue weighted by Gasteiger charge is -1.99. The lowest BCUT2D eigenvalue weighted by atomic mass is 10.1. The van der Waals surface area contributed by atoms with Crippen LogP contribution in [-0.4, -0.2) is 21.9 Å². The smallest absolute Gasteiger partial charge is 0.243 e. The third-order valence-electron chi connectivity index (χ3n) is 4.04. The minimum Gasteiger partial charge on any atom is -0.273 e. The van der Waals surface area contributed by atoms with Gasteiger partial charge in [0.25, 0.3) is 0 Å². The van der Waals surface area contributed by atoms with Gasteiger partial charge in [-0.3, -0.25) is 9.48 Å². The summed E-state index contributed by atoms with van der Waals surface area (Å²) in [5.74, 6) is 0.366. The summed E-state index contributed by atoms with van der Waals surface area (Å²) in [5, 5.41) is 8.40. The molecule has 0 saturated heterocycles. The number of nitrogens with one attached hydrogen (secondary N) is 1. The van der Waals surface area contributed by atoms with Crippen molar-refractivity contribution in [2.75, 3.05) is 0 Å². The summed E-state index contributed by atoms with van der Waals surface area (Å²) in [6.07, 6.45) is 4.49. The maximum absolute atomic E-state index is 12.1. The molecule has 1 aliphatic rings. The summed E-state index contributed by atoms with van der Waals surface area (Å²) >= 11 is 0. The van der Waals surface area contributed by atoms with Crippen molar-refractivity contribution < 1.29 is 4.79 Å². The molecule has 0 spiro atoms. The number of benzene rings is 1. The molecule has 5 nitrogen and oxygen atoms in total. The highest BCUT2D eigenvalue weighted by atomic mass is 16.2. The van der Waals surface area contributed by atoms with Gasteiger partial charge in [0.05, 0.1) is 11.9 Å². The van der Waals surface area contributed by atoms with E-state index >= 15 is 0 Å². The van der Waals surface area contributed by atoms with E-state index < -0.39 is 0 Å². The minimum atomic E-state index is -0.00867. The number of rotatable bonds is 5. The highest BCUT2D eigenvalue weighted by Crippen LogP contribution is 2.47. The third-order valence-corrected chi connectivity index (χ3v) is 4.04. The van der Waals surface area contributed by atoms with Crippen LogP contribution in [0.15, 0.2) is 41.6 Å². The van der Waals surface area contributed by atoms with E-state index in [0.29, 0.717) is 5.92 Å². The van der Waals surface area contributed by atoms with E-state index in [1.165, 1.54) is 5.56 Å². The summed E-state index contributed by atoms with van der Waals surface area (Å²) < 4.78 is 1.85. The SMILES string of the molecule is CCn1cc(/C=N\NC(=O)[C@H]2C[C@@H]2c2ccccc2)c(C)n1. The van der Waals surface area contributed by atoms with Gasteiger partial charge in [0.2, 0.25) is 5.91 Å². The average Bonchev–Trinajstić information content (AvgIpc) is 3.27. The molecule has 1 N–H and O–H groups in total. The van der Waals surface area contributed by atoms with Crippen LogP contribution in [-0.2, 0) is 11.3 Å². The molecule has 1 aromatic heterocycles. The van der Waals surface area contributed by atoms with E-state index in [1.54, 1.807) is 6.21 Å². The van der Waals surface area contributed by atoms with Crippen molar-refractivity contribution in [2.45, 2.75) is 32.7 Å². The number of hydrogen-bond acceptors (Lipinski definition) is 3. The standard InChI is InChI=1S/C17H20N4O/c1-3-21-11-14(12(2)20-21)10-18-19-17(22)16-9-15(16)13-7-5-4-6-8-13/h4-8,10-11,15-16H,3,9H2,1-2H3,(H,19,22)/b18-10-/t15-,16+/m1/s1. The number of hydrogen-bond donors (Lipinski definition) is 1. The first-order valence-corrected chi connectivity index (χ1v) is 7.61. The van der Waals surface area contributed by atoms with Crippen molar-refractivity contribution in [1.29, 1.82) is 0 Å².